The van der Waals surface area contributed by atoms with Gasteiger partial charge in [0.15, 0.2) is 23.3 Å². The summed E-state index contributed by atoms with van der Waals surface area (Å²) in [5.74, 6) is -13.5. The molecule has 0 atom stereocenters. The van der Waals surface area contributed by atoms with Crippen LogP contribution in [-0.4, -0.2) is 10.6 Å². The maximum Gasteiger partial charge on any atom is 0.300 e. The van der Waals surface area contributed by atoms with Crippen LogP contribution in [0.5, 0.6) is 0 Å². The molecule has 106 valence electrons. The second kappa shape index (κ2) is 4.58. The Morgan fingerprint density at radius 3 is 1.85 bits per heavy atom. The predicted molar refractivity (Wildman–Crippen MR) is 53.7 cm³/mol. The van der Waals surface area contributed by atoms with Crippen molar-refractivity contribution in [2.75, 3.05) is 0 Å². The molecule has 0 unspecified atom stereocenters. The molecule has 9 heteroatoms. The van der Waals surface area contributed by atoms with Crippen LogP contribution in [0.3, 0.4) is 0 Å². The topological polar surface area (TPSA) is 52.2 Å². The SMILES string of the molecule is Cc1cc(=O)n(C(=O)c2c(F)c(F)c(F)c(F)c2F)o1. The number of hydrogen-bond donors (Lipinski definition) is 0. The van der Waals surface area contributed by atoms with Crippen molar-refractivity contribution in [1.82, 2.24) is 4.74 Å². The van der Waals surface area contributed by atoms with E-state index in [9.17, 15) is 31.5 Å². The van der Waals surface area contributed by atoms with E-state index in [2.05, 4.69) is 4.52 Å². The molecule has 1 heterocycles. The molecule has 1 aromatic carbocycles. The highest BCUT2D eigenvalue weighted by atomic mass is 19.2. The van der Waals surface area contributed by atoms with E-state index in [1.807, 2.05) is 0 Å². The maximum atomic E-state index is 13.4. The molecule has 2 aromatic rings. The summed E-state index contributed by atoms with van der Waals surface area (Å²) in [7, 11) is 0. The predicted octanol–water partition coefficient (Wildman–Crippen LogP) is 2.13. The Labute approximate surface area is 107 Å². The molecule has 0 N–H and O–H groups in total. The zero-order valence-electron chi connectivity index (χ0n) is 9.64. The summed E-state index contributed by atoms with van der Waals surface area (Å²) in [6, 6.07) is 0.809. The van der Waals surface area contributed by atoms with Crippen LogP contribution in [0.2, 0.25) is 0 Å². The first kappa shape index (κ1) is 14.0. The van der Waals surface area contributed by atoms with E-state index in [1.54, 1.807) is 0 Å². The van der Waals surface area contributed by atoms with E-state index in [-0.39, 0.29) is 10.5 Å². The van der Waals surface area contributed by atoms with E-state index >= 15 is 0 Å². The number of carbonyl (C=O) groups is 1. The molecular weight excluding hydrogens is 289 g/mol. The monoisotopic (exact) mass is 293 g/mol. The van der Waals surface area contributed by atoms with Crippen LogP contribution in [0, 0.1) is 36.0 Å². The van der Waals surface area contributed by atoms with Gasteiger partial charge >= 0.3 is 5.91 Å². The Morgan fingerprint density at radius 1 is 1.00 bits per heavy atom. The van der Waals surface area contributed by atoms with Crippen LogP contribution in [0.4, 0.5) is 22.0 Å². The summed E-state index contributed by atoms with van der Waals surface area (Å²) in [5.41, 5.74) is -2.87. The fourth-order valence-electron chi connectivity index (χ4n) is 1.48. The molecule has 0 saturated carbocycles. The number of aromatic nitrogens is 1. The number of aryl methyl sites for hydroxylation is 1. The minimum absolute atomic E-state index is 0.0766. The highest BCUT2D eigenvalue weighted by Gasteiger charge is 2.31. The van der Waals surface area contributed by atoms with Gasteiger partial charge in [-0.3, -0.25) is 9.59 Å². The number of halogens is 5. The lowest BCUT2D eigenvalue weighted by Gasteiger charge is -2.06. The van der Waals surface area contributed by atoms with Gasteiger partial charge in [-0.2, -0.15) is 0 Å². The normalized spacial score (nSPS) is 10.9. The molecule has 20 heavy (non-hydrogen) atoms. The smallest absolute Gasteiger partial charge is 0.300 e. The van der Waals surface area contributed by atoms with Gasteiger partial charge in [-0.25, -0.2) is 22.0 Å². The van der Waals surface area contributed by atoms with Gasteiger partial charge in [-0.05, 0) is 6.92 Å². The van der Waals surface area contributed by atoms with E-state index in [4.69, 9.17) is 0 Å². The van der Waals surface area contributed by atoms with Crippen molar-refractivity contribution in [3.05, 3.63) is 56.8 Å². The van der Waals surface area contributed by atoms with E-state index in [1.165, 1.54) is 6.92 Å². The first-order chi connectivity index (χ1) is 9.25. The van der Waals surface area contributed by atoms with Crippen molar-refractivity contribution in [3.63, 3.8) is 0 Å². The second-order valence-electron chi connectivity index (χ2n) is 3.73. The fourth-order valence-corrected chi connectivity index (χ4v) is 1.48. The van der Waals surface area contributed by atoms with E-state index < -0.39 is 46.1 Å². The average Bonchev–Trinajstić information content (AvgIpc) is 2.73. The highest BCUT2D eigenvalue weighted by molar-refractivity contribution is 5.95. The molecule has 0 spiro atoms. The molecule has 0 aliphatic heterocycles. The summed E-state index contributed by atoms with van der Waals surface area (Å²) in [6.07, 6.45) is 0. The molecule has 0 fully saturated rings. The standard InChI is InChI=1S/C11H4F5NO3/c1-3-2-4(18)17(20-3)11(19)5-6(12)8(14)10(16)9(15)7(5)13/h2H,1H3. The lowest BCUT2D eigenvalue weighted by molar-refractivity contribution is 0.0821. The van der Waals surface area contributed by atoms with Crippen molar-refractivity contribution in [2.45, 2.75) is 6.92 Å². The van der Waals surface area contributed by atoms with Crippen LogP contribution in [0.25, 0.3) is 0 Å². The molecule has 0 aliphatic carbocycles. The molecule has 4 nitrogen and oxygen atoms in total. The zero-order chi connectivity index (χ0) is 15.2. The van der Waals surface area contributed by atoms with Gasteiger partial charge in [0.2, 0.25) is 5.82 Å². The maximum absolute atomic E-state index is 13.4. The lowest BCUT2D eigenvalue weighted by atomic mass is 10.1. The number of nitrogens with zero attached hydrogens (tertiary/aromatic N) is 1. The van der Waals surface area contributed by atoms with Crippen LogP contribution in [0.15, 0.2) is 15.4 Å². The molecule has 2 rings (SSSR count). The van der Waals surface area contributed by atoms with Crippen molar-refractivity contribution < 1.29 is 31.3 Å². The minimum atomic E-state index is -2.40. The van der Waals surface area contributed by atoms with Crippen LogP contribution in [0.1, 0.15) is 16.1 Å². The van der Waals surface area contributed by atoms with Crippen molar-refractivity contribution in [2.24, 2.45) is 0 Å². The van der Waals surface area contributed by atoms with Crippen molar-refractivity contribution in [3.8, 4) is 0 Å². The molecule has 1 aromatic heterocycles. The summed E-state index contributed by atoms with van der Waals surface area (Å²) in [6.45, 7) is 1.25. The average molecular weight is 293 g/mol. The first-order valence-electron chi connectivity index (χ1n) is 5.01. The molecule has 0 bridgehead atoms. The summed E-state index contributed by atoms with van der Waals surface area (Å²) in [5, 5.41) is 0. The Balaban J connectivity index is 2.74. The number of rotatable bonds is 1. The van der Waals surface area contributed by atoms with Gasteiger partial charge < -0.3 is 4.52 Å². The largest absolute Gasteiger partial charge is 0.373 e. The highest BCUT2D eigenvalue weighted by Crippen LogP contribution is 2.23. The minimum Gasteiger partial charge on any atom is -0.373 e. The molecule has 0 saturated heterocycles. The van der Waals surface area contributed by atoms with Gasteiger partial charge in [-0.15, -0.1) is 0 Å². The van der Waals surface area contributed by atoms with Crippen LogP contribution in [-0.2, 0) is 0 Å². The number of hydrogen-bond acceptors (Lipinski definition) is 3. The Kier molecular flexibility index (Phi) is 3.20. The van der Waals surface area contributed by atoms with E-state index in [0.29, 0.717) is 0 Å². The molecule has 0 aliphatic rings. The summed E-state index contributed by atoms with van der Waals surface area (Å²) >= 11 is 0. The van der Waals surface area contributed by atoms with Gasteiger partial charge in [0, 0.05) is 6.07 Å². The molecule has 0 amide bonds. The van der Waals surface area contributed by atoms with E-state index in [0.717, 1.165) is 6.07 Å². The zero-order valence-corrected chi connectivity index (χ0v) is 9.64. The van der Waals surface area contributed by atoms with Crippen molar-refractivity contribution in [1.29, 1.82) is 0 Å². The van der Waals surface area contributed by atoms with Gasteiger partial charge in [0.25, 0.3) is 5.56 Å². The third-order valence-electron chi connectivity index (χ3n) is 2.37. The van der Waals surface area contributed by atoms with Gasteiger partial charge in [0.1, 0.15) is 11.3 Å². The van der Waals surface area contributed by atoms with Crippen LogP contribution < -0.4 is 5.56 Å². The van der Waals surface area contributed by atoms with Crippen molar-refractivity contribution >= 4 is 5.91 Å². The lowest BCUT2D eigenvalue weighted by Crippen LogP contribution is -2.26. The number of carbonyl (C=O) groups excluding carboxylic acids is 1. The summed E-state index contributed by atoms with van der Waals surface area (Å²) in [4.78, 5) is 22.9. The third kappa shape index (κ3) is 1.91. The Hall–Kier alpha value is -2.45. The molecular formula is C11H4F5NO3. The first-order valence-corrected chi connectivity index (χ1v) is 5.01. The quantitative estimate of drug-likeness (QED) is 0.460. The second-order valence-corrected chi connectivity index (χ2v) is 3.73. The number of benzene rings is 1. The Bertz CT molecular complexity index is 748. The molecule has 0 radical (unpaired) electrons. The fraction of sp³-hybridized carbons (Fsp3) is 0.0909. The summed E-state index contributed by atoms with van der Waals surface area (Å²) < 4.78 is 69.9. The third-order valence-corrected chi connectivity index (χ3v) is 2.37. The van der Waals surface area contributed by atoms with Gasteiger partial charge in [0.05, 0.1) is 0 Å². The Morgan fingerprint density at radius 2 is 1.45 bits per heavy atom. The van der Waals surface area contributed by atoms with Gasteiger partial charge in [-0.1, -0.05) is 4.74 Å². The van der Waals surface area contributed by atoms with Crippen LogP contribution >= 0.6 is 0 Å².